The molecule has 0 aromatic heterocycles. The number of hydrogen-bond acceptors (Lipinski definition) is 2. The van der Waals surface area contributed by atoms with Crippen LogP contribution in [0.2, 0.25) is 0 Å². The summed E-state index contributed by atoms with van der Waals surface area (Å²) in [5, 5.41) is 0. The van der Waals surface area contributed by atoms with Crippen molar-refractivity contribution in [2.24, 2.45) is 0 Å². The number of rotatable bonds is 22. The number of alkyl halides is 9. The number of hydrogen-bond donors (Lipinski definition) is 0. The monoisotopic (exact) mass is 558 g/mol. The molecule has 1 fully saturated rings. The Bertz CT molecular complexity index is 577. The standard InChI is InChI=1S/C26H43F9O2/c27-23(28,24(29,30)25(31,32)26(33,34)35)18-13-11-9-7-5-3-1-2-4-6-8-10-12-14-19-36-21-17-22-16-15-20-37-22/h22H,1-21H2. The van der Waals surface area contributed by atoms with Gasteiger partial charge in [0.15, 0.2) is 0 Å². The second-order valence-electron chi connectivity index (χ2n) is 10.1. The van der Waals surface area contributed by atoms with E-state index in [1.54, 1.807) is 0 Å². The lowest BCUT2D eigenvalue weighted by Crippen LogP contribution is -2.60. The molecule has 0 amide bonds. The Morgan fingerprint density at radius 1 is 0.568 bits per heavy atom. The molecule has 1 unspecified atom stereocenters. The average Bonchev–Trinajstić information content (AvgIpc) is 3.33. The number of ether oxygens (including phenoxy) is 2. The normalized spacial score (nSPS) is 17.6. The van der Waals surface area contributed by atoms with Gasteiger partial charge in [0, 0.05) is 26.2 Å². The highest BCUT2D eigenvalue weighted by molar-refractivity contribution is 5.00. The Balaban J connectivity index is 1.89. The van der Waals surface area contributed by atoms with E-state index in [9.17, 15) is 39.5 Å². The first-order valence-corrected chi connectivity index (χ1v) is 13.7. The second kappa shape index (κ2) is 17.1. The first kappa shape index (κ1) is 34.3. The lowest BCUT2D eigenvalue weighted by Gasteiger charge is -2.33. The quantitative estimate of drug-likeness (QED) is 0.0973. The minimum absolute atomic E-state index is 0.0727. The van der Waals surface area contributed by atoms with E-state index in [0.29, 0.717) is 18.9 Å². The molecule has 0 N–H and O–H groups in total. The van der Waals surface area contributed by atoms with Crippen molar-refractivity contribution in [1.29, 1.82) is 0 Å². The zero-order valence-corrected chi connectivity index (χ0v) is 21.6. The fourth-order valence-corrected chi connectivity index (χ4v) is 4.43. The summed E-state index contributed by atoms with van der Waals surface area (Å²) in [5.41, 5.74) is 0. The largest absolute Gasteiger partial charge is 0.460 e. The number of halogens is 9. The molecule has 1 aliphatic heterocycles. The van der Waals surface area contributed by atoms with Crippen LogP contribution in [0.15, 0.2) is 0 Å². The van der Waals surface area contributed by atoms with Gasteiger partial charge in [-0.2, -0.15) is 39.5 Å². The van der Waals surface area contributed by atoms with Gasteiger partial charge in [0.2, 0.25) is 0 Å². The second-order valence-corrected chi connectivity index (χ2v) is 10.1. The van der Waals surface area contributed by atoms with Crippen molar-refractivity contribution in [2.45, 2.75) is 146 Å². The molecule has 0 saturated carbocycles. The van der Waals surface area contributed by atoms with E-state index in [1.165, 1.54) is 19.3 Å². The van der Waals surface area contributed by atoms with Gasteiger partial charge in [-0.15, -0.1) is 0 Å². The molecule has 1 aliphatic rings. The number of unbranched alkanes of at least 4 members (excludes halogenated alkanes) is 13. The molecule has 1 atom stereocenters. The SMILES string of the molecule is FC(F)(F)C(F)(F)C(F)(F)C(F)(F)CCCCCCCCCCCCCCCCOCCC1CCCO1. The van der Waals surface area contributed by atoms with E-state index in [-0.39, 0.29) is 6.42 Å². The molecule has 222 valence electrons. The van der Waals surface area contributed by atoms with Gasteiger partial charge in [0.05, 0.1) is 6.10 Å². The van der Waals surface area contributed by atoms with E-state index in [1.807, 2.05) is 0 Å². The maximum Gasteiger partial charge on any atom is 0.460 e. The molecule has 1 rings (SSSR count). The molecule has 0 radical (unpaired) electrons. The van der Waals surface area contributed by atoms with E-state index >= 15 is 0 Å². The van der Waals surface area contributed by atoms with Gasteiger partial charge >= 0.3 is 23.9 Å². The molecular weight excluding hydrogens is 515 g/mol. The lowest BCUT2D eigenvalue weighted by atomic mass is 9.97. The first-order chi connectivity index (χ1) is 17.3. The van der Waals surface area contributed by atoms with Crippen molar-refractivity contribution in [3.63, 3.8) is 0 Å². The van der Waals surface area contributed by atoms with Crippen LogP contribution in [-0.4, -0.2) is 49.9 Å². The Kier molecular flexibility index (Phi) is 15.8. The van der Waals surface area contributed by atoms with Crippen LogP contribution < -0.4 is 0 Å². The van der Waals surface area contributed by atoms with Crippen molar-refractivity contribution in [1.82, 2.24) is 0 Å². The molecule has 0 bridgehead atoms. The van der Waals surface area contributed by atoms with Gasteiger partial charge in [-0.1, -0.05) is 77.0 Å². The van der Waals surface area contributed by atoms with Crippen molar-refractivity contribution < 1.29 is 49.0 Å². The lowest BCUT2D eigenvalue weighted by molar-refractivity contribution is -0.396. The van der Waals surface area contributed by atoms with E-state index in [4.69, 9.17) is 9.47 Å². The Morgan fingerprint density at radius 3 is 1.46 bits per heavy atom. The highest BCUT2D eigenvalue weighted by Gasteiger charge is 2.81. The molecule has 0 aromatic rings. The van der Waals surface area contributed by atoms with Gasteiger partial charge in [0.25, 0.3) is 0 Å². The van der Waals surface area contributed by atoms with Crippen molar-refractivity contribution in [3.8, 4) is 0 Å². The zero-order chi connectivity index (χ0) is 27.8. The zero-order valence-electron chi connectivity index (χ0n) is 21.6. The highest BCUT2D eigenvalue weighted by atomic mass is 19.4. The van der Waals surface area contributed by atoms with Crippen LogP contribution in [0.25, 0.3) is 0 Å². The molecule has 0 spiro atoms. The maximum atomic E-state index is 13.4. The van der Waals surface area contributed by atoms with Gasteiger partial charge < -0.3 is 9.47 Å². The molecular formula is C26H43F9O2. The van der Waals surface area contributed by atoms with Gasteiger partial charge in [-0.3, -0.25) is 0 Å². The molecule has 2 nitrogen and oxygen atoms in total. The predicted molar refractivity (Wildman–Crippen MR) is 125 cm³/mol. The Morgan fingerprint density at radius 2 is 1.03 bits per heavy atom. The molecule has 1 heterocycles. The smallest absolute Gasteiger partial charge is 0.381 e. The van der Waals surface area contributed by atoms with Crippen LogP contribution in [-0.2, 0) is 9.47 Å². The maximum absolute atomic E-state index is 13.4. The molecule has 11 heteroatoms. The van der Waals surface area contributed by atoms with Crippen LogP contribution in [0.1, 0.15) is 116 Å². The van der Waals surface area contributed by atoms with Crippen molar-refractivity contribution >= 4 is 0 Å². The summed E-state index contributed by atoms with van der Waals surface area (Å²) in [5.74, 6) is -18.7. The topological polar surface area (TPSA) is 18.5 Å². The first-order valence-electron chi connectivity index (χ1n) is 13.7. The molecule has 37 heavy (non-hydrogen) atoms. The van der Waals surface area contributed by atoms with E-state index < -0.39 is 36.8 Å². The molecule has 0 aromatic carbocycles. The summed E-state index contributed by atoms with van der Waals surface area (Å²) in [6.07, 6.45) is 6.70. The minimum Gasteiger partial charge on any atom is -0.381 e. The Hall–Kier alpha value is -0.710. The predicted octanol–water partition coefficient (Wildman–Crippen LogP) is 9.89. The average molecular weight is 559 g/mol. The van der Waals surface area contributed by atoms with Crippen molar-refractivity contribution in [3.05, 3.63) is 0 Å². The van der Waals surface area contributed by atoms with Crippen LogP contribution in [0.4, 0.5) is 39.5 Å². The van der Waals surface area contributed by atoms with E-state index in [2.05, 4.69) is 0 Å². The van der Waals surface area contributed by atoms with Crippen molar-refractivity contribution in [2.75, 3.05) is 19.8 Å². The van der Waals surface area contributed by atoms with Crippen LogP contribution >= 0.6 is 0 Å². The summed E-state index contributed by atoms with van der Waals surface area (Å²) in [4.78, 5) is 0. The van der Waals surface area contributed by atoms with Crippen LogP contribution in [0, 0.1) is 0 Å². The third-order valence-electron chi connectivity index (χ3n) is 6.85. The van der Waals surface area contributed by atoms with Crippen LogP contribution in [0.5, 0.6) is 0 Å². The fraction of sp³-hybridized carbons (Fsp3) is 1.00. The molecule has 0 aliphatic carbocycles. The summed E-state index contributed by atoms with van der Waals surface area (Å²) in [7, 11) is 0. The third-order valence-corrected chi connectivity index (χ3v) is 6.85. The van der Waals surface area contributed by atoms with Gasteiger partial charge in [-0.05, 0) is 32.1 Å². The van der Waals surface area contributed by atoms with Gasteiger partial charge in [-0.25, -0.2) is 0 Å². The van der Waals surface area contributed by atoms with Gasteiger partial charge in [0.1, 0.15) is 0 Å². The summed E-state index contributed by atoms with van der Waals surface area (Å²) < 4.78 is 126. The Labute approximate surface area is 215 Å². The molecule has 1 saturated heterocycles. The summed E-state index contributed by atoms with van der Waals surface area (Å²) >= 11 is 0. The van der Waals surface area contributed by atoms with E-state index in [0.717, 1.165) is 84.0 Å². The minimum atomic E-state index is -6.79. The summed E-state index contributed by atoms with van der Waals surface area (Å²) in [6.45, 7) is 2.45. The highest BCUT2D eigenvalue weighted by Crippen LogP contribution is 2.54. The van der Waals surface area contributed by atoms with Crippen LogP contribution in [0.3, 0.4) is 0 Å². The third kappa shape index (κ3) is 12.3. The fourth-order valence-electron chi connectivity index (χ4n) is 4.43. The summed E-state index contributed by atoms with van der Waals surface area (Å²) in [6, 6.07) is 0.